The van der Waals surface area contributed by atoms with Gasteiger partial charge in [0.2, 0.25) is 11.5 Å². The van der Waals surface area contributed by atoms with Gasteiger partial charge in [-0.05, 0) is 62.1 Å². The van der Waals surface area contributed by atoms with E-state index in [2.05, 4.69) is 9.98 Å². The molecule has 38 heavy (non-hydrogen) atoms. The molecule has 0 bridgehead atoms. The highest BCUT2D eigenvalue weighted by molar-refractivity contribution is 5.97. The Morgan fingerprint density at radius 1 is 1.08 bits per heavy atom. The van der Waals surface area contributed by atoms with E-state index >= 15 is 0 Å². The molecule has 2 heterocycles. The molecule has 12 heteroatoms. The lowest BCUT2D eigenvalue weighted by Crippen LogP contribution is -2.41. The Hall–Kier alpha value is -3.93. The number of ether oxygens (including phenoxy) is 1. The summed E-state index contributed by atoms with van der Waals surface area (Å²) >= 11 is 0. The smallest absolute Gasteiger partial charge is 0.370 e. The number of imidazole rings is 1. The van der Waals surface area contributed by atoms with E-state index in [1.54, 1.807) is 17.0 Å². The summed E-state index contributed by atoms with van der Waals surface area (Å²) in [5.41, 5.74) is 6.50. The molecule has 9 nitrogen and oxygen atoms in total. The predicted octanol–water partition coefficient (Wildman–Crippen LogP) is 3.31. The highest BCUT2D eigenvalue weighted by Crippen LogP contribution is 2.34. The third-order valence-electron chi connectivity index (χ3n) is 7.12. The van der Waals surface area contributed by atoms with Crippen LogP contribution in [0.25, 0.3) is 11.0 Å². The Bertz CT molecular complexity index is 1470. The molecule has 1 aromatic heterocycles. The van der Waals surface area contributed by atoms with Crippen molar-refractivity contribution in [1.29, 1.82) is 0 Å². The van der Waals surface area contributed by atoms with Crippen LogP contribution in [-0.2, 0) is 20.5 Å². The number of morpholine rings is 1. The predicted molar refractivity (Wildman–Crippen MR) is 131 cm³/mol. The van der Waals surface area contributed by atoms with Crippen molar-refractivity contribution >= 4 is 34.4 Å². The number of fused-ring (bicyclic) bond motifs is 1. The number of primary amides is 1. The zero-order valence-electron chi connectivity index (χ0n) is 20.3. The minimum absolute atomic E-state index is 0.0159. The summed E-state index contributed by atoms with van der Waals surface area (Å²) in [6.07, 6.45) is -2.24. The second kappa shape index (κ2) is 10.1. The first kappa shape index (κ1) is 25.7. The van der Waals surface area contributed by atoms with Crippen molar-refractivity contribution in [3.63, 3.8) is 0 Å². The number of carbonyl (C=O) groups excluding carboxylic acids is 3. The third kappa shape index (κ3) is 5.08. The van der Waals surface area contributed by atoms with Crippen LogP contribution in [0.15, 0.2) is 47.5 Å². The molecule has 1 aliphatic carbocycles. The lowest BCUT2D eigenvalue weighted by Gasteiger charge is -2.28. The van der Waals surface area contributed by atoms with Gasteiger partial charge in [0.15, 0.2) is 0 Å². The van der Waals surface area contributed by atoms with Gasteiger partial charge >= 0.3 is 6.18 Å². The summed E-state index contributed by atoms with van der Waals surface area (Å²) in [5, 5.41) is 0. The third-order valence-corrected chi connectivity index (χ3v) is 7.12. The molecule has 1 saturated heterocycles. The van der Waals surface area contributed by atoms with E-state index in [9.17, 15) is 27.6 Å². The molecule has 0 radical (unpaired) electrons. The van der Waals surface area contributed by atoms with Crippen LogP contribution in [0.2, 0.25) is 0 Å². The van der Waals surface area contributed by atoms with Gasteiger partial charge in [-0.1, -0.05) is 6.07 Å². The molecule has 1 aliphatic heterocycles. The van der Waals surface area contributed by atoms with Gasteiger partial charge < -0.3 is 24.9 Å². The van der Waals surface area contributed by atoms with Crippen molar-refractivity contribution in [2.45, 2.75) is 37.9 Å². The molecule has 3 N–H and O–H groups in total. The lowest BCUT2D eigenvalue weighted by atomic mass is 9.85. The molecule has 2 aromatic carbocycles. The van der Waals surface area contributed by atoms with Crippen LogP contribution in [0, 0.1) is 5.92 Å². The van der Waals surface area contributed by atoms with Crippen molar-refractivity contribution in [2.24, 2.45) is 16.6 Å². The fourth-order valence-electron chi connectivity index (χ4n) is 5.15. The standard InChI is InChI=1S/C26H26F3N5O4/c27-26(28,29)17-3-1-2-16(12-17)24(37)32-25-31-20-13-19(33-10-11-38-14-22(33)35)8-9-21(20)34(25)18-6-4-15(5-7-18)23(30)36/h1-3,8-9,12-13,15,18H,4-7,10-11,14H2,(H2,30,36)(H,31,32,37)/t15-,18+. The van der Waals surface area contributed by atoms with E-state index in [4.69, 9.17) is 10.5 Å². The van der Waals surface area contributed by atoms with Crippen LogP contribution in [-0.4, -0.2) is 47.0 Å². The lowest BCUT2D eigenvalue weighted by molar-refractivity contribution is -0.137. The number of aromatic amines is 1. The molecule has 0 spiro atoms. The quantitative estimate of drug-likeness (QED) is 0.538. The molecule has 2 fully saturated rings. The Kier molecular flexibility index (Phi) is 6.82. The molecule has 2 aliphatic rings. The van der Waals surface area contributed by atoms with Crippen molar-refractivity contribution < 1.29 is 32.3 Å². The van der Waals surface area contributed by atoms with Crippen LogP contribution in [0.4, 0.5) is 18.9 Å². The van der Waals surface area contributed by atoms with Gasteiger partial charge in [-0.15, -0.1) is 0 Å². The Labute approximate surface area is 215 Å². The van der Waals surface area contributed by atoms with E-state index in [1.807, 2.05) is 10.6 Å². The van der Waals surface area contributed by atoms with Gasteiger partial charge in [0.1, 0.15) is 6.61 Å². The zero-order valence-corrected chi connectivity index (χ0v) is 20.3. The number of amides is 3. The summed E-state index contributed by atoms with van der Waals surface area (Å²) in [6, 6.07) is 9.39. The average molecular weight is 530 g/mol. The maximum Gasteiger partial charge on any atom is 0.416 e. The number of H-pyrrole nitrogens is 1. The number of hydrogen-bond donors (Lipinski definition) is 2. The Balaban J connectivity index is 1.58. The highest BCUT2D eigenvalue weighted by atomic mass is 19.4. The second-order valence-electron chi connectivity index (χ2n) is 9.52. The van der Waals surface area contributed by atoms with Crippen molar-refractivity contribution in [1.82, 2.24) is 9.55 Å². The molecule has 1 saturated carbocycles. The van der Waals surface area contributed by atoms with Gasteiger partial charge in [0, 0.05) is 29.8 Å². The first-order valence-corrected chi connectivity index (χ1v) is 12.3. The largest absolute Gasteiger partial charge is 0.416 e. The van der Waals surface area contributed by atoms with E-state index in [-0.39, 0.29) is 41.6 Å². The maximum absolute atomic E-state index is 13.2. The van der Waals surface area contributed by atoms with E-state index in [1.165, 1.54) is 12.1 Å². The van der Waals surface area contributed by atoms with Crippen LogP contribution < -0.4 is 16.3 Å². The number of anilines is 1. The summed E-state index contributed by atoms with van der Waals surface area (Å²) in [5.74, 6) is -1.59. The van der Waals surface area contributed by atoms with Crippen molar-refractivity contribution in [3.8, 4) is 0 Å². The maximum atomic E-state index is 13.2. The minimum atomic E-state index is -4.59. The first-order chi connectivity index (χ1) is 18.1. The van der Waals surface area contributed by atoms with Crippen LogP contribution in [0.3, 0.4) is 0 Å². The highest BCUT2D eigenvalue weighted by Gasteiger charge is 2.31. The number of hydrogen-bond acceptors (Lipinski definition) is 4. The molecular weight excluding hydrogens is 503 g/mol. The Morgan fingerprint density at radius 3 is 2.53 bits per heavy atom. The molecule has 3 amide bonds. The van der Waals surface area contributed by atoms with Crippen molar-refractivity contribution in [3.05, 3.63) is 59.2 Å². The minimum Gasteiger partial charge on any atom is -0.370 e. The normalized spacial score (nSPS) is 21.2. The van der Waals surface area contributed by atoms with E-state index in [0.717, 1.165) is 12.1 Å². The fourth-order valence-corrected chi connectivity index (χ4v) is 5.15. The van der Waals surface area contributed by atoms with Gasteiger partial charge in [0.25, 0.3) is 11.8 Å². The number of nitrogens with zero attached hydrogens (tertiary/aromatic N) is 3. The number of nitrogens with one attached hydrogen (secondary N) is 1. The first-order valence-electron chi connectivity index (χ1n) is 12.3. The molecular formula is C26H26F3N5O4. The monoisotopic (exact) mass is 529 g/mol. The topological polar surface area (TPSA) is 123 Å². The van der Waals surface area contributed by atoms with Crippen molar-refractivity contribution in [2.75, 3.05) is 24.7 Å². The molecule has 200 valence electrons. The summed E-state index contributed by atoms with van der Waals surface area (Å²) < 4.78 is 46.6. The molecule has 5 rings (SSSR count). The van der Waals surface area contributed by atoms with Gasteiger partial charge in [-0.3, -0.25) is 14.4 Å². The Morgan fingerprint density at radius 2 is 1.84 bits per heavy atom. The van der Waals surface area contributed by atoms with Gasteiger partial charge in [-0.25, -0.2) is 0 Å². The number of alkyl halides is 3. The number of nitrogens with two attached hydrogens (primary N) is 1. The number of carbonyl (C=O) groups is 3. The molecule has 0 atom stereocenters. The molecule has 3 aromatic rings. The zero-order chi connectivity index (χ0) is 27.0. The number of benzene rings is 2. The van der Waals surface area contributed by atoms with Crippen LogP contribution in [0.5, 0.6) is 0 Å². The number of rotatable bonds is 4. The number of halogens is 3. The molecule has 0 unspecified atom stereocenters. The summed E-state index contributed by atoms with van der Waals surface area (Å²) in [4.78, 5) is 45.9. The van der Waals surface area contributed by atoms with Crippen LogP contribution >= 0.6 is 0 Å². The number of aromatic nitrogens is 2. The average Bonchev–Trinajstić information content (AvgIpc) is 3.25. The van der Waals surface area contributed by atoms with E-state index in [0.29, 0.717) is 55.6 Å². The second-order valence-corrected chi connectivity index (χ2v) is 9.52. The van der Waals surface area contributed by atoms with E-state index < -0.39 is 17.6 Å². The van der Waals surface area contributed by atoms with Crippen LogP contribution in [0.1, 0.15) is 47.6 Å². The van der Waals surface area contributed by atoms with Gasteiger partial charge in [0.05, 0.1) is 23.2 Å². The fraction of sp³-hybridized carbons (Fsp3) is 0.385. The SMILES string of the molecule is NC(=O)[C@H]1CC[C@@H](n2/c(=N/C(=O)c3cccc(C(F)(F)F)c3)[nH]c3cc(N4CCOCC4=O)ccc32)CC1. The summed E-state index contributed by atoms with van der Waals surface area (Å²) in [6.45, 7) is 0.787. The van der Waals surface area contributed by atoms with Gasteiger partial charge in [-0.2, -0.15) is 18.2 Å². The summed E-state index contributed by atoms with van der Waals surface area (Å²) in [7, 11) is 0.